The van der Waals surface area contributed by atoms with Crippen molar-refractivity contribution in [1.82, 2.24) is 10.2 Å². The van der Waals surface area contributed by atoms with Crippen LogP contribution in [0.15, 0.2) is 4.99 Å². The maximum Gasteiger partial charge on any atom is 0.193 e. The maximum atomic E-state index is 5.55. The minimum atomic E-state index is 0.264. The van der Waals surface area contributed by atoms with E-state index in [1.165, 1.54) is 25.7 Å². The number of nitrogens with zero attached hydrogens (tertiary/aromatic N) is 2. The van der Waals surface area contributed by atoms with Gasteiger partial charge in [-0.25, -0.2) is 0 Å². The smallest absolute Gasteiger partial charge is 0.193 e. The van der Waals surface area contributed by atoms with Gasteiger partial charge in [0.15, 0.2) is 5.96 Å². The molecule has 0 spiro atoms. The Hall–Kier alpha value is -0.420. The molecule has 1 aliphatic carbocycles. The predicted molar refractivity (Wildman–Crippen MR) is 106 cm³/mol. The number of rotatable bonds is 6. The quantitative estimate of drug-likeness (QED) is 0.583. The Morgan fingerprint density at radius 3 is 2.50 bits per heavy atom. The fourth-order valence-electron chi connectivity index (χ4n) is 3.84. The van der Waals surface area contributed by atoms with Crippen LogP contribution in [0, 0.1) is 11.8 Å². The summed E-state index contributed by atoms with van der Waals surface area (Å²) in [6.45, 7) is 9.26. The van der Waals surface area contributed by atoms with Gasteiger partial charge in [0.2, 0.25) is 0 Å². The minimum absolute atomic E-state index is 0.264. The molecular formula is C19H37N3OS. The van der Waals surface area contributed by atoms with Crippen LogP contribution in [0.25, 0.3) is 0 Å². The zero-order valence-electron chi connectivity index (χ0n) is 16.1. The van der Waals surface area contributed by atoms with E-state index in [1.54, 1.807) is 0 Å². The van der Waals surface area contributed by atoms with E-state index in [2.05, 4.69) is 37.4 Å². The molecule has 2 fully saturated rings. The van der Waals surface area contributed by atoms with Crippen LogP contribution in [0.5, 0.6) is 0 Å². The van der Waals surface area contributed by atoms with Gasteiger partial charge in [-0.2, -0.15) is 11.8 Å². The van der Waals surface area contributed by atoms with Crippen molar-refractivity contribution < 1.29 is 4.74 Å². The first-order valence-electron chi connectivity index (χ1n) is 9.71. The maximum absolute atomic E-state index is 5.55. The van der Waals surface area contributed by atoms with Crippen molar-refractivity contribution in [2.24, 2.45) is 16.8 Å². The van der Waals surface area contributed by atoms with Gasteiger partial charge in [0.05, 0.1) is 6.54 Å². The van der Waals surface area contributed by atoms with Crippen LogP contribution in [0.3, 0.4) is 0 Å². The highest BCUT2D eigenvalue weighted by atomic mass is 32.2. The SMILES string of the molecule is CCNC(=NCC1(SC)CCOCC1)N(C)CC1CCC(C)CC1. The molecule has 1 saturated carbocycles. The number of aliphatic imine (C=N–C) groups is 1. The van der Waals surface area contributed by atoms with Gasteiger partial charge in [-0.1, -0.05) is 19.8 Å². The number of guanidine groups is 1. The average Bonchev–Trinajstić information content (AvgIpc) is 2.61. The van der Waals surface area contributed by atoms with Gasteiger partial charge in [0, 0.05) is 38.1 Å². The molecule has 0 unspecified atom stereocenters. The molecule has 0 aromatic heterocycles. The van der Waals surface area contributed by atoms with Crippen molar-refractivity contribution in [3.8, 4) is 0 Å². The van der Waals surface area contributed by atoms with E-state index in [0.29, 0.717) is 0 Å². The van der Waals surface area contributed by atoms with Gasteiger partial charge >= 0.3 is 0 Å². The molecule has 0 aromatic rings. The summed E-state index contributed by atoms with van der Waals surface area (Å²) in [5.74, 6) is 2.83. The molecule has 2 rings (SSSR count). The number of hydrogen-bond donors (Lipinski definition) is 1. The molecular weight excluding hydrogens is 318 g/mol. The lowest BCUT2D eigenvalue weighted by molar-refractivity contribution is 0.0793. The highest BCUT2D eigenvalue weighted by Crippen LogP contribution is 2.34. The lowest BCUT2D eigenvalue weighted by atomic mass is 9.83. The van der Waals surface area contributed by atoms with E-state index >= 15 is 0 Å². The average molecular weight is 356 g/mol. The van der Waals surface area contributed by atoms with Crippen molar-refractivity contribution in [1.29, 1.82) is 0 Å². The summed E-state index contributed by atoms with van der Waals surface area (Å²) in [5.41, 5.74) is 0. The fourth-order valence-corrected chi connectivity index (χ4v) is 4.61. The third-order valence-corrected chi connectivity index (χ3v) is 7.12. The van der Waals surface area contributed by atoms with Crippen molar-refractivity contribution in [2.75, 3.05) is 46.2 Å². The second-order valence-corrected chi connectivity index (χ2v) is 8.95. The van der Waals surface area contributed by atoms with Gasteiger partial charge in [-0.05, 0) is 50.7 Å². The molecule has 1 saturated heterocycles. The van der Waals surface area contributed by atoms with Crippen LogP contribution < -0.4 is 5.32 Å². The van der Waals surface area contributed by atoms with Crippen molar-refractivity contribution in [3.63, 3.8) is 0 Å². The molecule has 4 nitrogen and oxygen atoms in total. The third-order valence-electron chi connectivity index (χ3n) is 5.72. The molecule has 0 radical (unpaired) electrons. The van der Waals surface area contributed by atoms with Gasteiger partial charge in [0.1, 0.15) is 0 Å². The van der Waals surface area contributed by atoms with E-state index in [0.717, 1.165) is 63.5 Å². The summed E-state index contributed by atoms with van der Waals surface area (Å²) in [6.07, 6.45) is 9.97. The normalized spacial score (nSPS) is 27.8. The van der Waals surface area contributed by atoms with Crippen molar-refractivity contribution in [2.45, 2.75) is 57.1 Å². The lowest BCUT2D eigenvalue weighted by Gasteiger charge is -2.35. The molecule has 140 valence electrons. The van der Waals surface area contributed by atoms with E-state index in [4.69, 9.17) is 9.73 Å². The van der Waals surface area contributed by atoms with Crippen LogP contribution in [0.1, 0.15) is 52.4 Å². The fraction of sp³-hybridized carbons (Fsp3) is 0.947. The molecule has 0 bridgehead atoms. The first-order chi connectivity index (χ1) is 11.6. The Labute approximate surface area is 153 Å². The Bertz CT molecular complexity index is 388. The van der Waals surface area contributed by atoms with Crippen LogP contribution in [-0.4, -0.2) is 61.8 Å². The molecule has 2 aliphatic rings. The van der Waals surface area contributed by atoms with Gasteiger partial charge in [-0.3, -0.25) is 4.99 Å². The molecule has 0 amide bonds. The summed E-state index contributed by atoms with van der Waals surface area (Å²) in [6, 6.07) is 0. The summed E-state index contributed by atoms with van der Waals surface area (Å²) in [5, 5.41) is 3.50. The summed E-state index contributed by atoms with van der Waals surface area (Å²) in [7, 11) is 2.20. The second-order valence-electron chi connectivity index (χ2n) is 7.68. The Morgan fingerprint density at radius 2 is 1.92 bits per heavy atom. The third kappa shape index (κ3) is 5.83. The summed E-state index contributed by atoms with van der Waals surface area (Å²) >= 11 is 1.97. The molecule has 1 aliphatic heterocycles. The van der Waals surface area contributed by atoms with Gasteiger partial charge < -0.3 is 15.0 Å². The number of ether oxygens (including phenoxy) is 1. The minimum Gasteiger partial charge on any atom is -0.381 e. The van der Waals surface area contributed by atoms with Crippen LogP contribution >= 0.6 is 11.8 Å². The zero-order valence-corrected chi connectivity index (χ0v) is 17.0. The monoisotopic (exact) mass is 355 g/mol. The van der Waals surface area contributed by atoms with E-state index in [1.807, 2.05) is 11.8 Å². The van der Waals surface area contributed by atoms with E-state index < -0.39 is 0 Å². The summed E-state index contributed by atoms with van der Waals surface area (Å²) in [4.78, 5) is 7.37. The van der Waals surface area contributed by atoms with Crippen LogP contribution in [0.2, 0.25) is 0 Å². The highest BCUT2D eigenvalue weighted by molar-refractivity contribution is 8.00. The standard InChI is InChI=1S/C19H37N3OS/c1-5-20-18(21-15-19(24-4)10-12-23-13-11-19)22(3)14-17-8-6-16(2)7-9-17/h16-17H,5-15H2,1-4H3,(H,20,21). The van der Waals surface area contributed by atoms with Crippen molar-refractivity contribution in [3.05, 3.63) is 0 Å². The zero-order chi connectivity index (χ0) is 17.4. The first-order valence-corrected chi connectivity index (χ1v) is 10.9. The molecule has 24 heavy (non-hydrogen) atoms. The second kappa shape index (κ2) is 9.91. The molecule has 5 heteroatoms. The number of nitrogens with one attached hydrogen (secondary N) is 1. The van der Waals surface area contributed by atoms with E-state index in [9.17, 15) is 0 Å². The van der Waals surface area contributed by atoms with Gasteiger partial charge in [-0.15, -0.1) is 0 Å². The van der Waals surface area contributed by atoms with Crippen molar-refractivity contribution >= 4 is 17.7 Å². The predicted octanol–water partition coefficient (Wildman–Crippen LogP) is 3.62. The summed E-state index contributed by atoms with van der Waals surface area (Å²) < 4.78 is 5.81. The number of hydrogen-bond acceptors (Lipinski definition) is 3. The number of thioether (sulfide) groups is 1. The molecule has 1 heterocycles. The Morgan fingerprint density at radius 1 is 1.25 bits per heavy atom. The molecule has 0 aromatic carbocycles. The Kier molecular flexibility index (Phi) is 8.21. The largest absolute Gasteiger partial charge is 0.381 e. The lowest BCUT2D eigenvalue weighted by Crippen LogP contribution is -2.43. The van der Waals surface area contributed by atoms with E-state index in [-0.39, 0.29) is 4.75 Å². The highest BCUT2D eigenvalue weighted by Gasteiger charge is 2.32. The first kappa shape index (κ1) is 19.9. The van der Waals surface area contributed by atoms with Gasteiger partial charge in [0.25, 0.3) is 0 Å². The topological polar surface area (TPSA) is 36.9 Å². The molecule has 1 N–H and O–H groups in total. The van der Waals surface area contributed by atoms with Crippen LogP contribution in [-0.2, 0) is 4.74 Å². The Balaban J connectivity index is 1.93. The van der Waals surface area contributed by atoms with Crippen LogP contribution in [0.4, 0.5) is 0 Å². The molecule has 0 atom stereocenters.